The fourth-order valence-corrected chi connectivity index (χ4v) is 4.76. The molecule has 0 saturated carbocycles. The number of hydrogen-bond donors (Lipinski definition) is 2. The van der Waals surface area contributed by atoms with Gasteiger partial charge in [0.2, 0.25) is 5.88 Å². The van der Waals surface area contributed by atoms with E-state index in [-0.39, 0.29) is 17.3 Å². The van der Waals surface area contributed by atoms with Crippen LogP contribution in [-0.2, 0) is 4.79 Å². The Morgan fingerprint density at radius 3 is 2.57 bits per heavy atom. The summed E-state index contributed by atoms with van der Waals surface area (Å²) in [5, 5.41) is 8.17. The van der Waals surface area contributed by atoms with E-state index < -0.39 is 18.0 Å². The molecule has 1 amide bonds. The number of piperidine rings is 1. The number of aliphatic carboxylic acids is 1. The zero-order chi connectivity index (χ0) is 26.8. The molecule has 37 heavy (non-hydrogen) atoms. The Balaban J connectivity index is 0.000000405. The third-order valence-electron chi connectivity index (χ3n) is 6.79. The van der Waals surface area contributed by atoms with Crippen LogP contribution in [0.15, 0.2) is 48.7 Å². The minimum Gasteiger partial charge on any atom is -0.475 e. The normalized spacial score (nSPS) is 19.2. The number of nitrogens with one attached hydrogen (secondary N) is 1. The molecule has 8 nitrogen and oxygen atoms in total. The van der Waals surface area contributed by atoms with E-state index in [2.05, 4.69) is 21.9 Å². The number of carbonyl (C=O) groups is 2. The number of H-pyrrole nitrogens is 1. The maximum absolute atomic E-state index is 13.8. The first kappa shape index (κ1) is 26.4. The maximum Gasteiger partial charge on any atom is 0.490 e. The van der Waals surface area contributed by atoms with Crippen molar-refractivity contribution >= 4 is 22.8 Å². The lowest BCUT2D eigenvalue weighted by molar-refractivity contribution is -0.192. The highest BCUT2D eigenvalue weighted by Crippen LogP contribution is 2.39. The number of ether oxygens (including phenoxy) is 1. The second-order valence-corrected chi connectivity index (χ2v) is 9.34. The van der Waals surface area contributed by atoms with Crippen molar-refractivity contribution in [2.45, 2.75) is 24.6 Å². The first-order valence-corrected chi connectivity index (χ1v) is 11.6. The number of carboxylic acids is 1. The number of amides is 1. The Labute approximate surface area is 209 Å². The average molecular weight is 522 g/mol. The van der Waals surface area contributed by atoms with Crippen LogP contribution < -0.4 is 4.74 Å². The monoisotopic (exact) mass is 522 g/mol. The van der Waals surface area contributed by atoms with Crippen molar-refractivity contribution < 1.29 is 37.0 Å². The Bertz CT molecular complexity index is 1240. The van der Waals surface area contributed by atoms with Crippen LogP contribution in [0.3, 0.4) is 0 Å². The molecule has 2 aromatic heterocycles. The number of alkyl halides is 3. The van der Waals surface area contributed by atoms with Crippen LogP contribution in [-0.4, -0.2) is 81.8 Å². The number of hydrogen-bond acceptors (Lipinski definition) is 5. The van der Waals surface area contributed by atoms with Crippen molar-refractivity contribution in [3.05, 3.63) is 60.2 Å². The molecule has 198 valence electrons. The number of rotatable bonds is 4. The summed E-state index contributed by atoms with van der Waals surface area (Å²) in [4.78, 5) is 33.3. The summed E-state index contributed by atoms with van der Waals surface area (Å²) in [5.41, 5.74) is 1.58. The van der Waals surface area contributed by atoms with E-state index in [1.165, 1.54) is 12.3 Å². The van der Waals surface area contributed by atoms with Gasteiger partial charge < -0.3 is 19.7 Å². The second-order valence-electron chi connectivity index (χ2n) is 9.34. The number of fused-ring (bicyclic) bond motifs is 1. The van der Waals surface area contributed by atoms with Crippen LogP contribution >= 0.6 is 0 Å². The molecule has 2 N–H and O–H groups in total. The lowest BCUT2D eigenvalue weighted by Gasteiger charge is -2.58. The van der Waals surface area contributed by atoms with E-state index in [1.807, 2.05) is 35.2 Å². The molecule has 1 atom stereocenters. The van der Waals surface area contributed by atoms with Crippen molar-refractivity contribution in [3.8, 4) is 5.88 Å². The minimum atomic E-state index is -5.08. The molecule has 2 aliphatic rings. The number of carbonyl (C=O) groups excluding carboxylic acids is 1. The van der Waals surface area contributed by atoms with Gasteiger partial charge in [0.1, 0.15) is 5.69 Å². The van der Waals surface area contributed by atoms with Crippen molar-refractivity contribution in [1.29, 1.82) is 0 Å². The van der Waals surface area contributed by atoms with Gasteiger partial charge in [0.25, 0.3) is 5.91 Å². The number of para-hydroxylation sites is 1. The van der Waals surface area contributed by atoms with E-state index in [4.69, 9.17) is 14.6 Å². The quantitative estimate of drug-likeness (QED) is 0.504. The number of carboxylic acid groups (broad SMARTS) is 1. The van der Waals surface area contributed by atoms with Crippen LogP contribution in [0.5, 0.6) is 5.88 Å². The molecule has 1 spiro atoms. The van der Waals surface area contributed by atoms with E-state index in [0.29, 0.717) is 31.3 Å². The molecule has 0 radical (unpaired) electrons. The van der Waals surface area contributed by atoms with Gasteiger partial charge in [-0.3, -0.25) is 9.69 Å². The summed E-state index contributed by atoms with van der Waals surface area (Å²) in [6.45, 7) is 2.78. The van der Waals surface area contributed by atoms with Crippen LogP contribution in [0.4, 0.5) is 17.6 Å². The van der Waals surface area contributed by atoms with Crippen LogP contribution in [0.2, 0.25) is 0 Å². The second kappa shape index (κ2) is 10.4. The Hall–Kier alpha value is -3.67. The van der Waals surface area contributed by atoms with E-state index >= 15 is 0 Å². The predicted molar refractivity (Wildman–Crippen MR) is 126 cm³/mol. The summed E-state index contributed by atoms with van der Waals surface area (Å²) in [6, 6.07) is 12.8. The molecule has 2 saturated heterocycles. The van der Waals surface area contributed by atoms with Crippen molar-refractivity contribution in [1.82, 2.24) is 19.8 Å². The van der Waals surface area contributed by atoms with Gasteiger partial charge in [-0.15, -0.1) is 0 Å². The van der Waals surface area contributed by atoms with Crippen LogP contribution in [0.1, 0.15) is 23.3 Å². The Kier molecular flexibility index (Phi) is 7.39. The summed E-state index contributed by atoms with van der Waals surface area (Å²) in [6.07, 6.45) is -1.63. The molecule has 3 aromatic rings. The number of nitrogens with zero attached hydrogens (tertiary/aromatic N) is 3. The number of benzene rings is 1. The first-order valence-electron chi connectivity index (χ1n) is 11.6. The summed E-state index contributed by atoms with van der Waals surface area (Å²) < 4.78 is 51.2. The molecule has 4 heterocycles. The molecule has 2 fully saturated rings. The van der Waals surface area contributed by atoms with E-state index in [0.717, 1.165) is 30.3 Å². The zero-order valence-electron chi connectivity index (χ0n) is 20.0. The van der Waals surface area contributed by atoms with Crippen molar-refractivity contribution in [2.24, 2.45) is 5.92 Å². The standard InChI is InChI=1S/C23H25FN4O2.C2HF3O2/c1-27-10-8-16(13-30-21-18(24)6-4-9-25-21)12-23(27)14-28(15-23)22(29)20-11-17-5-2-3-7-19(17)26-20;3-2(4,5)1(6)7/h2-7,9,11,16,26H,8,10,12-15H2,1H3;(H,6,7). The number of pyridine rings is 1. The Morgan fingerprint density at radius 1 is 1.22 bits per heavy atom. The van der Waals surface area contributed by atoms with Gasteiger partial charge in [-0.25, -0.2) is 14.2 Å². The smallest absolute Gasteiger partial charge is 0.475 e. The van der Waals surface area contributed by atoms with Gasteiger partial charge in [0.15, 0.2) is 5.82 Å². The van der Waals surface area contributed by atoms with Gasteiger partial charge in [0, 0.05) is 30.2 Å². The van der Waals surface area contributed by atoms with Gasteiger partial charge in [0.05, 0.1) is 12.1 Å². The largest absolute Gasteiger partial charge is 0.490 e. The van der Waals surface area contributed by atoms with Crippen LogP contribution in [0, 0.1) is 11.7 Å². The molecular weight excluding hydrogens is 496 g/mol. The fourth-order valence-electron chi connectivity index (χ4n) is 4.76. The third kappa shape index (κ3) is 5.85. The van der Waals surface area contributed by atoms with Gasteiger partial charge >= 0.3 is 12.1 Å². The molecule has 2 aliphatic heterocycles. The molecule has 12 heteroatoms. The summed E-state index contributed by atoms with van der Waals surface area (Å²) >= 11 is 0. The summed E-state index contributed by atoms with van der Waals surface area (Å²) in [5.74, 6) is -2.77. The maximum atomic E-state index is 13.8. The van der Waals surface area contributed by atoms with E-state index in [9.17, 15) is 22.4 Å². The lowest BCUT2D eigenvalue weighted by Crippen LogP contribution is -2.72. The van der Waals surface area contributed by atoms with Crippen LogP contribution in [0.25, 0.3) is 10.9 Å². The number of aromatic amines is 1. The molecule has 1 aromatic carbocycles. The average Bonchev–Trinajstić information content (AvgIpc) is 3.27. The van der Waals surface area contributed by atoms with E-state index in [1.54, 1.807) is 6.07 Å². The third-order valence-corrected chi connectivity index (χ3v) is 6.79. The fraction of sp³-hybridized carbons (Fsp3) is 0.400. The summed E-state index contributed by atoms with van der Waals surface area (Å²) in [7, 11) is 2.13. The molecule has 5 rings (SSSR count). The molecule has 1 unspecified atom stereocenters. The highest BCUT2D eigenvalue weighted by atomic mass is 19.4. The number of likely N-dealkylation sites (tertiary alicyclic amines) is 2. The van der Waals surface area contributed by atoms with Crippen molar-refractivity contribution in [3.63, 3.8) is 0 Å². The van der Waals surface area contributed by atoms with Gasteiger partial charge in [-0.05, 0) is 56.6 Å². The van der Waals surface area contributed by atoms with Crippen molar-refractivity contribution in [2.75, 3.05) is 33.3 Å². The Morgan fingerprint density at radius 2 is 1.92 bits per heavy atom. The minimum absolute atomic E-state index is 0.0311. The number of halogens is 4. The highest BCUT2D eigenvalue weighted by molar-refractivity contribution is 5.98. The van der Waals surface area contributed by atoms with Gasteiger partial charge in [-0.2, -0.15) is 13.2 Å². The molecule has 0 bridgehead atoms. The number of likely N-dealkylation sites (N-methyl/N-ethyl adjacent to an activating group) is 1. The SMILES string of the molecule is CN1CCC(COc2ncccc2F)CC12CN(C(=O)c1cc3ccccc3[nH]1)C2.O=C(O)C(F)(F)F. The molecule has 0 aliphatic carbocycles. The highest BCUT2D eigenvalue weighted by Gasteiger charge is 2.51. The molecular formula is C25H26F4N4O4. The zero-order valence-corrected chi connectivity index (χ0v) is 20.0. The van der Waals surface area contributed by atoms with Gasteiger partial charge in [-0.1, -0.05) is 18.2 Å². The topological polar surface area (TPSA) is 98.8 Å². The number of aromatic nitrogens is 2. The predicted octanol–water partition coefficient (Wildman–Crippen LogP) is 3.95. The first-order chi connectivity index (χ1) is 17.5. The lowest BCUT2D eigenvalue weighted by atomic mass is 9.75.